The molecule has 1 amide bonds. The Morgan fingerprint density at radius 1 is 0.414 bits per heavy atom. The highest BCUT2D eigenvalue weighted by Crippen LogP contribution is 2.15. The van der Waals surface area contributed by atoms with E-state index in [0.717, 1.165) is 57.8 Å². The summed E-state index contributed by atoms with van der Waals surface area (Å²) >= 11 is 0. The molecule has 0 saturated heterocycles. The van der Waals surface area contributed by atoms with E-state index in [4.69, 9.17) is 0 Å². The summed E-state index contributed by atoms with van der Waals surface area (Å²) in [7, 11) is 0. The standard InChI is InChI=1S/C54H99NO3/c1-3-5-7-9-11-13-15-17-19-21-23-25-26-27-28-30-31-33-35-37-39-41-43-45-47-49-53(57)52(51-56)55-54(58)50-48-46-44-42-40-38-36-34-32-29-24-22-20-18-16-14-12-10-8-6-4-2/h16,18,22,24,32,34,39,41,47,49,52-53,56-57H,3-15,17,19-21,23,25-31,33,35-38,40,42-46,48,50-51H2,1-2H3,(H,55,58)/b18-16-,24-22-,34-32-,41-39+,49-47+. The molecule has 0 radical (unpaired) electrons. The summed E-state index contributed by atoms with van der Waals surface area (Å²) in [6.45, 7) is 4.29. The minimum absolute atomic E-state index is 0.0859. The van der Waals surface area contributed by atoms with Crippen molar-refractivity contribution in [2.45, 2.75) is 270 Å². The molecule has 0 aliphatic rings. The fraction of sp³-hybridized carbons (Fsp3) is 0.796. The third-order valence-corrected chi connectivity index (χ3v) is 11.5. The molecule has 2 unspecified atom stereocenters. The monoisotopic (exact) mass is 810 g/mol. The van der Waals surface area contributed by atoms with Gasteiger partial charge >= 0.3 is 0 Å². The van der Waals surface area contributed by atoms with Crippen molar-refractivity contribution < 1.29 is 15.0 Å². The maximum absolute atomic E-state index is 12.4. The highest BCUT2D eigenvalue weighted by atomic mass is 16.3. The predicted molar refractivity (Wildman–Crippen MR) is 258 cm³/mol. The molecule has 0 spiro atoms. The van der Waals surface area contributed by atoms with E-state index in [1.54, 1.807) is 6.08 Å². The van der Waals surface area contributed by atoms with Gasteiger partial charge in [0.1, 0.15) is 0 Å². The van der Waals surface area contributed by atoms with Crippen molar-refractivity contribution in [1.82, 2.24) is 5.32 Å². The molecule has 3 N–H and O–H groups in total. The van der Waals surface area contributed by atoms with Gasteiger partial charge in [-0.1, -0.05) is 242 Å². The van der Waals surface area contributed by atoms with Crippen LogP contribution in [0.4, 0.5) is 0 Å². The average Bonchev–Trinajstić information content (AvgIpc) is 3.23. The van der Waals surface area contributed by atoms with Gasteiger partial charge in [-0.05, 0) is 70.6 Å². The van der Waals surface area contributed by atoms with Gasteiger partial charge < -0.3 is 15.5 Å². The molecule has 0 aromatic rings. The fourth-order valence-electron chi connectivity index (χ4n) is 7.55. The molecule has 0 saturated carbocycles. The molecule has 58 heavy (non-hydrogen) atoms. The van der Waals surface area contributed by atoms with E-state index in [-0.39, 0.29) is 12.5 Å². The van der Waals surface area contributed by atoms with Crippen LogP contribution in [0.25, 0.3) is 0 Å². The van der Waals surface area contributed by atoms with Gasteiger partial charge in [0.15, 0.2) is 0 Å². The second-order valence-electron chi connectivity index (χ2n) is 17.2. The molecule has 0 fully saturated rings. The summed E-state index contributed by atoms with van der Waals surface area (Å²) in [5.74, 6) is -0.0859. The Bertz CT molecular complexity index is 965. The molecule has 338 valence electrons. The van der Waals surface area contributed by atoms with Gasteiger partial charge in [-0.3, -0.25) is 4.79 Å². The van der Waals surface area contributed by atoms with Crippen LogP contribution in [0.2, 0.25) is 0 Å². The largest absolute Gasteiger partial charge is 0.394 e. The summed E-state index contributed by atoms with van der Waals surface area (Å²) < 4.78 is 0. The molecule has 0 heterocycles. The Hall–Kier alpha value is -1.91. The molecular formula is C54H99NO3. The zero-order valence-electron chi connectivity index (χ0n) is 38.8. The van der Waals surface area contributed by atoms with Crippen molar-refractivity contribution in [2.24, 2.45) is 0 Å². The van der Waals surface area contributed by atoms with E-state index in [9.17, 15) is 15.0 Å². The Morgan fingerprint density at radius 2 is 0.724 bits per heavy atom. The smallest absolute Gasteiger partial charge is 0.220 e. The lowest BCUT2D eigenvalue weighted by molar-refractivity contribution is -0.123. The number of allylic oxidation sites excluding steroid dienone is 9. The number of amides is 1. The molecule has 0 aromatic carbocycles. The minimum Gasteiger partial charge on any atom is -0.394 e. The van der Waals surface area contributed by atoms with Crippen LogP contribution in [-0.2, 0) is 4.79 Å². The lowest BCUT2D eigenvalue weighted by Crippen LogP contribution is -2.45. The average molecular weight is 810 g/mol. The second kappa shape index (κ2) is 49.5. The van der Waals surface area contributed by atoms with E-state index < -0.39 is 12.1 Å². The fourth-order valence-corrected chi connectivity index (χ4v) is 7.55. The number of rotatable bonds is 46. The van der Waals surface area contributed by atoms with Gasteiger partial charge in [0.2, 0.25) is 5.91 Å². The minimum atomic E-state index is -0.871. The lowest BCUT2D eigenvalue weighted by atomic mass is 10.0. The summed E-state index contributed by atoms with van der Waals surface area (Å²) in [6, 6.07) is -0.649. The normalized spacial score (nSPS) is 13.4. The van der Waals surface area contributed by atoms with Gasteiger partial charge in [0.25, 0.3) is 0 Å². The van der Waals surface area contributed by atoms with Crippen LogP contribution in [0.3, 0.4) is 0 Å². The number of unbranched alkanes of at least 4 members (excludes halogenated alkanes) is 31. The van der Waals surface area contributed by atoms with Crippen molar-refractivity contribution in [1.29, 1.82) is 0 Å². The number of hydrogen-bond donors (Lipinski definition) is 3. The Labute approximate surface area is 362 Å². The molecule has 0 bridgehead atoms. The van der Waals surface area contributed by atoms with E-state index in [2.05, 4.69) is 67.8 Å². The summed E-state index contributed by atoms with van der Waals surface area (Å²) in [5, 5.41) is 23.1. The second-order valence-corrected chi connectivity index (χ2v) is 17.2. The number of aliphatic hydroxyl groups excluding tert-OH is 2. The van der Waals surface area contributed by atoms with E-state index in [1.807, 2.05) is 6.08 Å². The molecule has 0 aliphatic carbocycles. The van der Waals surface area contributed by atoms with Gasteiger partial charge in [0.05, 0.1) is 18.8 Å². The Morgan fingerprint density at radius 3 is 1.12 bits per heavy atom. The van der Waals surface area contributed by atoms with Crippen molar-refractivity contribution >= 4 is 5.91 Å². The van der Waals surface area contributed by atoms with Gasteiger partial charge in [-0.2, -0.15) is 0 Å². The van der Waals surface area contributed by atoms with E-state index in [1.165, 1.54) is 180 Å². The lowest BCUT2D eigenvalue weighted by Gasteiger charge is -2.19. The Kier molecular flexibility index (Phi) is 47.8. The summed E-state index contributed by atoms with van der Waals surface area (Å²) in [5.41, 5.74) is 0. The van der Waals surface area contributed by atoms with Crippen LogP contribution >= 0.6 is 0 Å². The highest BCUT2D eigenvalue weighted by molar-refractivity contribution is 5.76. The van der Waals surface area contributed by atoms with E-state index in [0.29, 0.717) is 6.42 Å². The van der Waals surface area contributed by atoms with Gasteiger partial charge in [0, 0.05) is 6.42 Å². The summed E-state index contributed by atoms with van der Waals surface area (Å²) in [6.07, 6.45) is 69.3. The van der Waals surface area contributed by atoms with Crippen LogP contribution in [0.1, 0.15) is 258 Å². The summed E-state index contributed by atoms with van der Waals surface area (Å²) in [4.78, 5) is 12.4. The van der Waals surface area contributed by atoms with Crippen LogP contribution < -0.4 is 5.32 Å². The Balaban J connectivity index is 3.60. The van der Waals surface area contributed by atoms with Gasteiger partial charge in [-0.25, -0.2) is 0 Å². The first-order valence-corrected chi connectivity index (χ1v) is 25.5. The zero-order valence-corrected chi connectivity index (χ0v) is 38.8. The van der Waals surface area contributed by atoms with E-state index >= 15 is 0 Å². The first-order valence-electron chi connectivity index (χ1n) is 25.5. The number of nitrogens with one attached hydrogen (secondary N) is 1. The van der Waals surface area contributed by atoms with Crippen LogP contribution in [0.15, 0.2) is 60.8 Å². The third-order valence-electron chi connectivity index (χ3n) is 11.5. The third kappa shape index (κ3) is 45.2. The van der Waals surface area contributed by atoms with Crippen molar-refractivity contribution in [2.75, 3.05) is 6.61 Å². The topological polar surface area (TPSA) is 69.6 Å². The van der Waals surface area contributed by atoms with Crippen LogP contribution in [0, 0.1) is 0 Å². The molecule has 0 aromatic heterocycles. The number of carbonyl (C=O) groups excluding carboxylic acids is 1. The maximum atomic E-state index is 12.4. The first kappa shape index (κ1) is 56.1. The van der Waals surface area contributed by atoms with Crippen molar-refractivity contribution in [3.05, 3.63) is 60.8 Å². The number of aliphatic hydroxyl groups is 2. The van der Waals surface area contributed by atoms with Crippen LogP contribution in [-0.4, -0.2) is 34.9 Å². The SMILES string of the molecule is CCCCCCC/C=C\C/C=C\C/C=C\CCCCCCCCC(=O)NC(CO)C(O)/C=C/CC/C=C/CCCCCCCCCCCCCCCCCCCCC. The maximum Gasteiger partial charge on any atom is 0.220 e. The van der Waals surface area contributed by atoms with Gasteiger partial charge in [-0.15, -0.1) is 0 Å². The molecule has 2 atom stereocenters. The molecule has 4 heteroatoms. The molecule has 0 rings (SSSR count). The predicted octanol–water partition coefficient (Wildman–Crippen LogP) is 16.5. The van der Waals surface area contributed by atoms with Crippen LogP contribution in [0.5, 0.6) is 0 Å². The van der Waals surface area contributed by atoms with Crippen molar-refractivity contribution in [3.63, 3.8) is 0 Å². The highest BCUT2D eigenvalue weighted by Gasteiger charge is 2.17. The quantitative estimate of drug-likeness (QED) is 0.0424. The molecule has 0 aliphatic heterocycles. The van der Waals surface area contributed by atoms with Crippen molar-refractivity contribution in [3.8, 4) is 0 Å². The molecule has 4 nitrogen and oxygen atoms in total. The molecular weight excluding hydrogens is 711 g/mol. The number of hydrogen-bond acceptors (Lipinski definition) is 3. The number of carbonyl (C=O) groups is 1. The zero-order chi connectivity index (χ0) is 42.1. The first-order chi connectivity index (χ1) is 28.7.